The number of hydrogen-bond acceptors (Lipinski definition) is 6. The summed E-state index contributed by atoms with van der Waals surface area (Å²) in [6.07, 6.45) is 9.39. The van der Waals surface area contributed by atoms with E-state index < -0.39 is 5.82 Å². The maximum atomic E-state index is 14.5. The molecule has 188 valence electrons. The molecule has 0 radical (unpaired) electrons. The van der Waals surface area contributed by atoms with E-state index in [1.165, 1.54) is 6.07 Å². The van der Waals surface area contributed by atoms with E-state index in [2.05, 4.69) is 25.6 Å². The van der Waals surface area contributed by atoms with Gasteiger partial charge in [-0.2, -0.15) is 5.10 Å². The van der Waals surface area contributed by atoms with Crippen molar-refractivity contribution < 1.29 is 14.3 Å². The van der Waals surface area contributed by atoms with Gasteiger partial charge in [0.05, 0.1) is 23.6 Å². The van der Waals surface area contributed by atoms with Crippen LogP contribution in [0.5, 0.6) is 0 Å². The number of imidazole rings is 1. The number of anilines is 2. The molecule has 0 atom stereocenters. The fourth-order valence-electron chi connectivity index (χ4n) is 5.31. The number of amides is 1. The van der Waals surface area contributed by atoms with E-state index in [1.807, 2.05) is 19.3 Å². The molecule has 36 heavy (non-hydrogen) atoms. The number of nitrogens with one attached hydrogen (secondary N) is 2. The van der Waals surface area contributed by atoms with Gasteiger partial charge in [-0.25, -0.2) is 9.37 Å². The molecular formula is C26H30FN7O2. The third-order valence-corrected chi connectivity index (χ3v) is 7.40. The highest BCUT2D eigenvalue weighted by atomic mass is 19.1. The van der Waals surface area contributed by atoms with E-state index in [9.17, 15) is 14.3 Å². The van der Waals surface area contributed by atoms with Crippen LogP contribution in [0.1, 0.15) is 41.7 Å². The number of pyridine rings is 1. The van der Waals surface area contributed by atoms with Crippen LogP contribution < -0.4 is 15.5 Å². The van der Waals surface area contributed by atoms with Crippen LogP contribution in [0, 0.1) is 12.7 Å². The lowest BCUT2D eigenvalue weighted by molar-refractivity contribution is 0.102. The van der Waals surface area contributed by atoms with Crippen LogP contribution in [-0.4, -0.2) is 61.5 Å². The van der Waals surface area contributed by atoms with Crippen LogP contribution in [0.15, 0.2) is 36.8 Å². The zero-order valence-corrected chi connectivity index (χ0v) is 20.5. The summed E-state index contributed by atoms with van der Waals surface area (Å²) in [6, 6.07) is 5.46. The molecule has 10 heteroatoms. The number of aromatic nitrogens is 4. The van der Waals surface area contributed by atoms with Gasteiger partial charge in [-0.1, -0.05) is 0 Å². The fourth-order valence-corrected chi connectivity index (χ4v) is 5.31. The Kier molecular flexibility index (Phi) is 5.45. The van der Waals surface area contributed by atoms with Crippen LogP contribution in [0.25, 0.3) is 16.6 Å². The molecule has 1 amide bonds. The first-order valence-corrected chi connectivity index (χ1v) is 12.4. The average Bonchev–Trinajstić information content (AvgIpc) is 3.34. The minimum absolute atomic E-state index is 0.0530. The second-order valence-electron chi connectivity index (χ2n) is 10.2. The molecule has 2 aliphatic rings. The van der Waals surface area contributed by atoms with Crippen LogP contribution in [0.4, 0.5) is 15.8 Å². The quantitative estimate of drug-likeness (QED) is 0.384. The third-order valence-electron chi connectivity index (χ3n) is 7.40. The maximum absolute atomic E-state index is 14.5. The van der Waals surface area contributed by atoms with Gasteiger partial charge in [-0.05, 0) is 44.7 Å². The Bertz CT molecular complexity index is 1460. The van der Waals surface area contributed by atoms with Crippen LogP contribution in [-0.2, 0) is 7.05 Å². The molecule has 1 aliphatic carbocycles. The summed E-state index contributed by atoms with van der Waals surface area (Å²) in [5.74, 6) is -0.841. The van der Waals surface area contributed by atoms with Crippen LogP contribution in [0.3, 0.4) is 0 Å². The number of aryl methyl sites for hydroxylation is 2. The van der Waals surface area contributed by atoms with E-state index in [1.54, 1.807) is 34.5 Å². The molecule has 3 N–H and O–H groups in total. The van der Waals surface area contributed by atoms with Gasteiger partial charge in [-0.15, -0.1) is 0 Å². The van der Waals surface area contributed by atoms with Gasteiger partial charge in [0, 0.05) is 67.4 Å². The lowest BCUT2D eigenvalue weighted by Gasteiger charge is -2.36. The Balaban J connectivity index is 1.23. The molecule has 4 aromatic rings. The molecule has 3 aromatic heterocycles. The van der Waals surface area contributed by atoms with Gasteiger partial charge in [-0.3, -0.25) is 9.48 Å². The Hall–Kier alpha value is -3.50. The van der Waals surface area contributed by atoms with Gasteiger partial charge >= 0.3 is 0 Å². The highest BCUT2D eigenvalue weighted by Gasteiger charge is 2.43. The standard InChI is InChI=1S/C26H30FN7O2/c1-16-12-34-13-18(11-21(27)24(34)28-16)29-25(36)19-3-4-22(20-14-32(2)31-23(19)20)33-9-5-17(6-10-33)30-26(15-35)7-8-26/h3-4,11-14,17,30,35H,5-10,15H2,1-2H3,(H,29,36). The fraction of sp³-hybridized carbons (Fsp3) is 0.423. The van der Waals surface area contributed by atoms with Crippen molar-refractivity contribution >= 4 is 33.8 Å². The third kappa shape index (κ3) is 4.10. The SMILES string of the molecule is Cc1cn2cc(NC(=O)c3ccc(N4CCC(NC5(CO)CC5)CC4)c4cn(C)nc34)cc(F)c2n1. The number of fused-ring (bicyclic) bond motifs is 2. The summed E-state index contributed by atoms with van der Waals surface area (Å²) < 4.78 is 17.8. The number of halogens is 1. The molecule has 1 aromatic carbocycles. The number of aliphatic hydroxyl groups is 1. The van der Waals surface area contributed by atoms with Gasteiger partial charge in [0.1, 0.15) is 5.52 Å². The van der Waals surface area contributed by atoms with Gasteiger partial charge < -0.3 is 25.0 Å². The number of nitrogens with zero attached hydrogens (tertiary/aromatic N) is 5. The van der Waals surface area contributed by atoms with Crippen molar-refractivity contribution in [2.45, 2.75) is 44.2 Å². The van der Waals surface area contributed by atoms with E-state index in [0.29, 0.717) is 28.5 Å². The highest BCUT2D eigenvalue weighted by molar-refractivity contribution is 6.13. The monoisotopic (exact) mass is 491 g/mol. The Morgan fingerprint density at radius 3 is 2.72 bits per heavy atom. The van der Waals surface area contributed by atoms with Crippen molar-refractivity contribution in [2.75, 3.05) is 29.9 Å². The van der Waals surface area contributed by atoms with Crippen molar-refractivity contribution in [1.29, 1.82) is 0 Å². The number of carbonyl (C=O) groups excluding carboxylic acids is 1. The molecule has 9 nitrogen and oxygen atoms in total. The van der Waals surface area contributed by atoms with Gasteiger partial charge in [0.2, 0.25) is 0 Å². The van der Waals surface area contributed by atoms with E-state index >= 15 is 0 Å². The van der Waals surface area contributed by atoms with Crippen molar-refractivity contribution in [3.63, 3.8) is 0 Å². The van der Waals surface area contributed by atoms with E-state index in [4.69, 9.17) is 0 Å². The number of hydrogen-bond donors (Lipinski definition) is 3. The molecule has 1 saturated carbocycles. The second-order valence-corrected chi connectivity index (χ2v) is 10.2. The predicted octanol–water partition coefficient (Wildman–Crippen LogP) is 3.00. The summed E-state index contributed by atoms with van der Waals surface area (Å²) in [7, 11) is 1.84. The molecule has 1 saturated heterocycles. The summed E-state index contributed by atoms with van der Waals surface area (Å²) in [5, 5.41) is 21.6. The molecular weight excluding hydrogens is 461 g/mol. The Labute approximate surface area is 207 Å². The largest absolute Gasteiger partial charge is 0.394 e. The van der Waals surface area contributed by atoms with Crippen molar-refractivity contribution in [2.24, 2.45) is 7.05 Å². The number of piperidine rings is 1. The molecule has 0 unspecified atom stereocenters. The normalized spacial score (nSPS) is 17.7. The number of rotatable bonds is 6. The first kappa shape index (κ1) is 22.9. The number of aliphatic hydroxyl groups excluding tert-OH is 1. The molecule has 1 aliphatic heterocycles. The van der Waals surface area contributed by atoms with E-state index in [0.717, 1.165) is 49.8 Å². The Morgan fingerprint density at radius 1 is 1.22 bits per heavy atom. The lowest BCUT2D eigenvalue weighted by Crippen LogP contribution is -2.48. The smallest absolute Gasteiger partial charge is 0.257 e. The average molecular weight is 492 g/mol. The summed E-state index contributed by atoms with van der Waals surface area (Å²) in [6.45, 7) is 3.77. The molecule has 0 bridgehead atoms. The van der Waals surface area contributed by atoms with Gasteiger partial charge in [0.15, 0.2) is 11.5 Å². The lowest BCUT2D eigenvalue weighted by atomic mass is 10.0. The molecule has 4 heterocycles. The van der Waals surface area contributed by atoms with Gasteiger partial charge in [0.25, 0.3) is 5.91 Å². The topological polar surface area (TPSA) is 99.7 Å². The van der Waals surface area contributed by atoms with Crippen LogP contribution in [0.2, 0.25) is 0 Å². The second kappa shape index (κ2) is 8.56. The highest BCUT2D eigenvalue weighted by Crippen LogP contribution is 2.37. The summed E-state index contributed by atoms with van der Waals surface area (Å²) >= 11 is 0. The van der Waals surface area contributed by atoms with Crippen molar-refractivity contribution in [3.8, 4) is 0 Å². The van der Waals surface area contributed by atoms with Crippen molar-refractivity contribution in [3.05, 3.63) is 53.9 Å². The molecule has 6 rings (SSSR count). The molecule has 0 spiro atoms. The number of benzene rings is 1. The summed E-state index contributed by atoms with van der Waals surface area (Å²) in [4.78, 5) is 19.7. The number of carbonyl (C=O) groups is 1. The Morgan fingerprint density at radius 2 is 2.00 bits per heavy atom. The predicted molar refractivity (Wildman–Crippen MR) is 136 cm³/mol. The first-order chi connectivity index (χ1) is 17.3. The van der Waals surface area contributed by atoms with Crippen LogP contribution >= 0.6 is 0 Å². The van der Waals surface area contributed by atoms with Crippen molar-refractivity contribution in [1.82, 2.24) is 24.5 Å². The zero-order valence-electron chi connectivity index (χ0n) is 20.5. The minimum Gasteiger partial charge on any atom is -0.394 e. The maximum Gasteiger partial charge on any atom is 0.257 e. The summed E-state index contributed by atoms with van der Waals surface area (Å²) in [5.41, 5.74) is 3.33. The van der Waals surface area contributed by atoms with E-state index in [-0.39, 0.29) is 23.7 Å². The minimum atomic E-state index is -0.497. The molecule has 2 fully saturated rings. The zero-order chi connectivity index (χ0) is 25.0. The first-order valence-electron chi connectivity index (χ1n) is 12.4.